The number of hydrogen-bond donors (Lipinski definition) is 2. The molecule has 0 aromatic heterocycles. The highest BCUT2D eigenvalue weighted by atomic mass is 16.2. The van der Waals surface area contributed by atoms with Crippen molar-refractivity contribution in [2.45, 2.75) is 79.1 Å². The zero-order chi connectivity index (χ0) is 19.4. The summed E-state index contributed by atoms with van der Waals surface area (Å²) in [5.41, 5.74) is 1.38. The van der Waals surface area contributed by atoms with Crippen LogP contribution in [0.2, 0.25) is 0 Å². The van der Waals surface area contributed by atoms with Crippen LogP contribution in [0.3, 0.4) is 0 Å². The Kier molecular flexibility index (Phi) is 10.7. The third-order valence-electron chi connectivity index (χ3n) is 4.73. The largest absolute Gasteiger partial charge is 0.324 e. The molecule has 4 nitrogen and oxygen atoms in total. The van der Waals surface area contributed by atoms with Crippen LogP contribution in [0, 0.1) is 11.8 Å². The Labute approximate surface area is 159 Å². The molecule has 0 heterocycles. The van der Waals surface area contributed by atoms with Crippen LogP contribution >= 0.6 is 0 Å². The predicted molar refractivity (Wildman–Crippen MR) is 110 cm³/mol. The first kappa shape index (κ1) is 22.2. The minimum Gasteiger partial charge on any atom is -0.324 e. The maximum Gasteiger partial charge on any atom is 0.227 e. The molecule has 146 valence electrons. The molecule has 0 spiro atoms. The van der Waals surface area contributed by atoms with Gasteiger partial charge in [0, 0.05) is 11.8 Å². The Morgan fingerprint density at radius 3 is 1.27 bits per heavy atom. The molecular weight excluding hydrogens is 324 g/mol. The molecule has 0 saturated carbocycles. The van der Waals surface area contributed by atoms with Gasteiger partial charge in [-0.05, 0) is 37.8 Å². The fourth-order valence-corrected chi connectivity index (χ4v) is 3.38. The normalized spacial score (nSPS) is 11.0. The molecule has 4 heteroatoms. The van der Waals surface area contributed by atoms with E-state index < -0.39 is 0 Å². The Hall–Kier alpha value is -1.84. The second-order valence-corrected chi connectivity index (χ2v) is 7.07. The van der Waals surface area contributed by atoms with Gasteiger partial charge >= 0.3 is 0 Å². The van der Waals surface area contributed by atoms with E-state index >= 15 is 0 Å². The van der Waals surface area contributed by atoms with Crippen molar-refractivity contribution < 1.29 is 9.59 Å². The van der Waals surface area contributed by atoms with Gasteiger partial charge in [0.1, 0.15) is 0 Å². The molecular formula is C22H36N2O2. The van der Waals surface area contributed by atoms with Crippen molar-refractivity contribution in [1.29, 1.82) is 0 Å². The second kappa shape index (κ2) is 12.5. The summed E-state index contributed by atoms with van der Waals surface area (Å²) in [6.07, 6.45) is 7.54. The van der Waals surface area contributed by atoms with Gasteiger partial charge in [0.2, 0.25) is 11.8 Å². The van der Waals surface area contributed by atoms with Crippen molar-refractivity contribution in [3.8, 4) is 0 Å². The molecule has 1 aromatic carbocycles. The zero-order valence-electron chi connectivity index (χ0n) is 16.9. The minimum atomic E-state index is 0.0293. The van der Waals surface area contributed by atoms with Crippen LogP contribution in [0.4, 0.5) is 11.4 Å². The third kappa shape index (κ3) is 7.19. The van der Waals surface area contributed by atoms with Gasteiger partial charge < -0.3 is 10.6 Å². The molecule has 0 bridgehead atoms. The molecule has 0 radical (unpaired) electrons. The molecule has 0 aliphatic rings. The molecule has 0 aliphatic heterocycles. The monoisotopic (exact) mass is 360 g/mol. The van der Waals surface area contributed by atoms with Crippen LogP contribution in [0.15, 0.2) is 24.3 Å². The molecule has 0 atom stereocenters. The van der Waals surface area contributed by atoms with Crippen LogP contribution in [-0.2, 0) is 9.59 Å². The topological polar surface area (TPSA) is 58.2 Å². The maximum absolute atomic E-state index is 12.6. The van der Waals surface area contributed by atoms with Crippen LogP contribution in [-0.4, -0.2) is 11.8 Å². The lowest BCUT2D eigenvalue weighted by Gasteiger charge is -2.19. The summed E-state index contributed by atoms with van der Waals surface area (Å²) in [6, 6.07) is 7.49. The molecule has 2 amide bonds. The number of nitrogens with one attached hydrogen (secondary N) is 2. The van der Waals surface area contributed by atoms with Crippen LogP contribution < -0.4 is 10.6 Å². The molecule has 26 heavy (non-hydrogen) atoms. The average Bonchev–Trinajstić information content (AvgIpc) is 2.63. The van der Waals surface area contributed by atoms with Gasteiger partial charge in [-0.3, -0.25) is 9.59 Å². The molecule has 1 rings (SSSR count). The second-order valence-electron chi connectivity index (χ2n) is 7.07. The van der Waals surface area contributed by atoms with Gasteiger partial charge in [-0.25, -0.2) is 0 Å². The van der Waals surface area contributed by atoms with E-state index in [-0.39, 0.29) is 23.7 Å². The van der Waals surface area contributed by atoms with E-state index in [4.69, 9.17) is 0 Å². The summed E-state index contributed by atoms with van der Waals surface area (Å²) < 4.78 is 0. The van der Waals surface area contributed by atoms with Crippen LogP contribution in [0.1, 0.15) is 79.1 Å². The molecule has 0 aliphatic carbocycles. The average molecular weight is 361 g/mol. The van der Waals surface area contributed by atoms with Crippen LogP contribution in [0.5, 0.6) is 0 Å². The highest BCUT2D eigenvalue weighted by molar-refractivity contribution is 6.00. The van der Waals surface area contributed by atoms with Crippen LogP contribution in [0.25, 0.3) is 0 Å². The highest BCUT2D eigenvalue weighted by Gasteiger charge is 2.20. The van der Waals surface area contributed by atoms with Gasteiger partial charge in [0.05, 0.1) is 11.4 Å². The Bertz CT molecular complexity index is 496. The summed E-state index contributed by atoms with van der Waals surface area (Å²) in [4.78, 5) is 25.3. The molecule has 0 saturated heterocycles. The Balaban J connectivity index is 2.86. The summed E-state index contributed by atoms with van der Waals surface area (Å²) in [5, 5.41) is 6.07. The van der Waals surface area contributed by atoms with Crippen molar-refractivity contribution in [2.24, 2.45) is 11.8 Å². The summed E-state index contributed by atoms with van der Waals surface area (Å²) >= 11 is 0. The van der Waals surface area contributed by atoms with Gasteiger partial charge in [-0.15, -0.1) is 0 Å². The zero-order valence-corrected chi connectivity index (χ0v) is 16.9. The smallest absolute Gasteiger partial charge is 0.227 e. The quantitative estimate of drug-likeness (QED) is 0.480. The number of carbonyl (C=O) groups is 2. The Morgan fingerprint density at radius 1 is 0.692 bits per heavy atom. The number of hydrogen-bond acceptors (Lipinski definition) is 2. The molecule has 1 aromatic rings. The first-order valence-electron chi connectivity index (χ1n) is 10.3. The van der Waals surface area contributed by atoms with Gasteiger partial charge in [0.15, 0.2) is 0 Å². The van der Waals surface area contributed by atoms with E-state index in [0.29, 0.717) is 11.4 Å². The predicted octanol–water partition coefficient (Wildman–Crippen LogP) is 6.00. The van der Waals surface area contributed by atoms with E-state index in [9.17, 15) is 9.59 Å². The third-order valence-corrected chi connectivity index (χ3v) is 4.73. The fourth-order valence-electron chi connectivity index (χ4n) is 3.38. The molecule has 2 N–H and O–H groups in total. The lowest BCUT2D eigenvalue weighted by molar-refractivity contribution is -0.121. The highest BCUT2D eigenvalue weighted by Crippen LogP contribution is 2.25. The maximum atomic E-state index is 12.6. The minimum absolute atomic E-state index is 0.0293. The van der Waals surface area contributed by atoms with Gasteiger partial charge in [0.25, 0.3) is 0 Å². The van der Waals surface area contributed by atoms with E-state index in [1.807, 2.05) is 24.3 Å². The van der Waals surface area contributed by atoms with E-state index in [0.717, 1.165) is 51.4 Å². The Morgan fingerprint density at radius 2 is 1.00 bits per heavy atom. The van der Waals surface area contributed by atoms with Crippen molar-refractivity contribution in [3.05, 3.63) is 24.3 Å². The van der Waals surface area contributed by atoms with E-state index in [2.05, 4.69) is 38.3 Å². The lowest BCUT2D eigenvalue weighted by Crippen LogP contribution is -2.26. The van der Waals surface area contributed by atoms with Crippen molar-refractivity contribution >= 4 is 23.2 Å². The number of carbonyl (C=O) groups excluding carboxylic acids is 2. The van der Waals surface area contributed by atoms with Gasteiger partial charge in [-0.1, -0.05) is 65.5 Å². The number of rotatable bonds is 12. The number of amides is 2. The lowest BCUT2D eigenvalue weighted by atomic mass is 9.97. The first-order chi connectivity index (χ1) is 12.6. The van der Waals surface area contributed by atoms with E-state index in [1.54, 1.807) is 0 Å². The fraction of sp³-hybridized carbons (Fsp3) is 0.636. The summed E-state index contributed by atoms with van der Waals surface area (Å²) in [7, 11) is 0. The van der Waals surface area contributed by atoms with Crippen molar-refractivity contribution in [2.75, 3.05) is 10.6 Å². The standard InChI is InChI=1S/C22H36N2O2/c1-5-11-17(12-6-2)21(25)23-19-15-9-10-16-20(19)24-22(26)18(13-7-3)14-8-4/h9-10,15-18H,5-8,11-14H2,1-4H3,(H,23,25)(H,24,26). The number of para-hydroxylation sites is 2. The summed E-state index contributed by atoms with van der Waals surface area (Å²) in [5.74, 6) is 0.159. The number of anilines is 2. The van der Waals surface area contributed by atoms with Gasteiger partial charge in [-0.2, -0.15) is 0 Å². The summed E-state index contributed by atoms with van der Waals surface area (Å²) in [6.45, 7) is 8.41. The number of benzene rings is 1. The molecule has 0 unspecified atom stereocenters. The SMILES string of the molecule is CCCC(CCC)C(=O)Nc1ccccc1NC(=O)C(CCC)CCC. The van der Waals surface area contributed by atoms with E-state index in [1.165, 1.54) is 0 Å². The first-order valence-corrected chi connectivity index (χ1v) is 10.3. The van der Waals surface area contributed by atoms with Crippen molar-refractivity contribution in [1.82, 2.24) is 0 Å². The van der Waals surface area contributed by atoms with Crippen molar-refractivity contribution in [3.63, 3.8) is 0 Å². The molecule has 0 fully saturated rings.